The highest BCUT2D eigenvalue weighted by molar-refractivity contribution is 8.19. The van der Waals surface area contributed by atoms with Crippen LogP contribution in [0.4, 0.5) is 10.5 Å². The van der Waals surface area contributed by atoms with Gasteiger partial charge in [0.25, 0.3) is 11.1 Å². The van der Waals surface area contributed by atoms with Crippen LogP contribution >= 0.6 is 23.4 Å². The first-order chi connectivity index (χ1) is 11.1. The number of ether oxygens (including phenoxy) is 1. The Balaban J connectivity index is 1.95. The minimum Gasteiger partial charge on any atom is -0.496 e. The number of anilines is 1. The van der Waals surface area contributed by atoms with E-state index in [4.69, 9.17) is 16.3 Å². The lowest BCUT2D eigenvalue weighted by molar-refractivity contribution is -0.113. The molecule has 2 amide bonds. The summed E-state index contributed by atoms with van der Waals surface area (Å²) in [5, 5.41) is 0.212. The van der Waals surface area contributed by atoms with E-state index in [9.17, 15) is 9.59 Å². The average Bonchev–Trinajstić information content (AvgIpc) is 2.83. The summed E-state index contributed by atoms with van der Waals surface area (Å²) in [6.45, 7) is 0. The maximum absolute atomic E-state index is 12.5. The Bertz CT molecular complexity index is 802. The summed E-state index contributed by atoms with van der Waals surface area (Å²) in [6, 6.07) is 13.9. The van der Waals surface area contributed by atoms with Gasteiger partial charge in [-0.15, -0.1) is 0 Å². The molecule has 0 saturated carbocycles. The fraction of sp³-hybridized carbons (Fsp3) is 0.0588. The van der Waals surface area contributed by atoms with Crippen molar-refractivity contribution in [1.29, 1.82) is 0 Å². The smallest absolute Gasteiger partial charge is 0.298 e. The van der Waals surface area contributed by atoms with Gasteiger partial charge in [0.05, 0.1) is 17.7 Å². The number of halogens is 1. The van der Waals surface area contributed by atoms with E-state index in [-0.39, 0.29) is 11.1 Å². The molecule has 3 rings (SSSR count). The van der Waals surface area contributed by atoms with Crippen LogP contribution in [0.2, 0.25) is 5.02 Å². The monoisotopic (exact) mass is 345 g/mol. The molecule has 23 heavy (non-hydrogen) atoms. The molecule has 0 radical (unpaired) electrons. The highest BCUT2D eigenvalue weighted by Crippen LogP contribution is 2.37. The first-order valence-corrected chi connectivity index (χ1v) is 7.96. The molecule has 0 aromatic heterocycles. The van der Waals surface area contributed by atoms with Crippen molar-refractivity contribution in [3.05, 3.63) is 64.0 Å². The number of carbonyl (C=O) groups is 2. The zero-order valence-electron chi connectivity index (χ0n) is 12.2. The summed E-state index contributed by atoms with van der Waals surface area (Å²) in [5.74, 6) is 0.291. The fourth-order valence-corrected chi connectivity index (χ4v) is 3.17. The average molecular weight is 346 g/mol. The summed E-state index contributed by atoms with van der Waals surface area (Å²) in [7, 11) is 1.56. The van der Waals surface area contributed by atoms with Gasteiger partial charge in [0, 0.05) is 10.6 Å². The van der Waals surface area contributed by atoms with Gasteiger partial charge >= 0.3 is 0 Å². The summed E-state index contributed by atoms with van der Waals surface area (Å²) in [4.78, 5) is 26.2. The van der Waals surface area contributed by atoms with Crippen LogP contribution in [0.15, 0.2) is 53.4 Å². The highest BCUT2D eigenvalue weighted by Gasteiger charge is 2.36. The largest absolute Gasteiger partial charge is 0.496 e. The summed E-state index contributed by atoms with van der Waals surface area (Å²) >= 11 is 6.75. The third-order valence-corrected chi connectivity index (χ3v) is 4.43. The van der Waals surface area contributed by atoms with Crippen LogP contribution in [0.3, 0.4) is 0 Å². The van der Waals surface area contributed by atoms with E-state index in [2.05, 4.69) is 0 Å². The maximum atomic E-state index is 12.5. The van der Waals surface area contributed by atoms with Gasteiger partial charge in [-0.05, 0) is 48.2 Å². The number of imide groups is 1. The van der Waals surface area contributed by atoms with Crippen molar-refractivity contribution >= 4 is 46.3 Å². The van der Waals surface area contributed by atoms with Gasteiger partial charge < -0.3 is 4.74 Å². The molecule has 0 unspecified atom stereocenters. The SMILES string of the molecule is COc1ccccc1C=C1SC(=O)N(c2ccc(Cl)cc2)C1=O. The van der Waals surface area contributed by atoms with Crippen LogP contribution in [0, 0.1) is 0 Å². The Morgan fingerprint density at radius 1 is 1.09 bits per heavy atom. The van der Waals surface area contributed by atoms with Gasteiger partial charge in [-0.3, -0.25) is 9.59 Å². The van der Waals surface area contributed by atoms with Crippen LogP contribution in [0.5, 0.6) is 5.75 Å². The Morgan fingerprint density at radius 3 is 2.48 bits per heavy atom. The Labute approximate surface area is 142 Å². The Morgan fingerprint density at radius 2 is 1.78 bits per heavy atom. The van der Waals surface area contributed by atoms with Gasteiger partial charge in [-0.25, -0.2) is 4.90 Å². The summed E-state index contributed by atoms with van der Waals surface area (Å²) in [6.07, 6.45) is 1.67. The van der Waals surface area contributed by atoms with Crippen molar-refractivity contribution in [1.82, 2.24) is 0 Å². The molecular formula is C17H12ClNO3S. The number of benzene rings is 2. The maximum Gasteiger partial charge on any atom is 0.298 e. The summed E-state index contributed by atoms with van der Waals surface area (Å²) < 4.78 is 5.26. The third kappa shape index (κ3) is 3.11. The Kier molecular flexibility index (Phi) is 4.41. The molecule has 2 aromatic rings. The second-order valence-electron chi connectivity index (χ2n) is 4.74. The van der Waals surface area contributed by atoms with Crippen LogP contribution in [-0.2, 0) is 4.79 Å². The zero-order valence-corrected chi connectivity index (χ0v) is 13.7. The van der Waals surface area contributed by atoms with Crippen molar-refractivity contribution in [3.8, 4) is 5.75 Å². The number of para-hydroxylation sites is 1. The zero-order chi connectivity index (χ0) is 16.4. The van der Waals surface area contributed by atoms with Crippen LogP contribution < -0.4 is 9.64 Å². The molecule has 0 bridgehead atoms. The number of thioether (sulfide) groups is 1. The van der Waals surface area contributed by atoms with E-state index >= 15 is 0 Å². The molecule has 1 fully saturated rings. The van der Waals surface area contributed by atoms with E-state index < -0.39 is 0 Å². The Hall–Kier alpha value is -2.24. The van der Waals surface area contributed by atoms with E-state index in [1.807, 2.05) is 18.2 Å². The van der Waals surface area contributed by atoms with Gasteiger partial charge in [0.1, 0.15) is 5.75 Å². The first kappa shape index (κ1) is 15.6. The van der Waals surface area contributed by atoms with Crippen molar-refractivity contribution < 1.29 is 14.3 Å². The molecule has 1 saturated heterocycles. The normalized spacial score (nSPS) is 16.3. The quantitative estimate of drug-likeness (QED) is 0.763. The van der Waals surface area contributed by atoms with Gasteiger partial charge in [-0.1, -0.05) is 29.8 Å². The number of methoxy groups -OCH3 is 1. The minimum atomic E-state index is -0.353. The van der Waals surface area contributed by atoms with E-state index in [1.165, 1.54) is 0 Å². The lowest BCUT2D eigenvalue weighted by atomic mass is 10.2. The van der Waals surface area contributed by atoms with Crippen LogP contribution in [0.25, 0.3) is 6.08 Å². The van der Waals surface area contributed by atoms with Crippen molar-refractivity contribution in [2.45, 2.75) is 0 Å². The predicted octanol–water partition coefficient (Wildman–Crippen LogP) is 4.59. The van der Waals surface area contributed by atoms with E-state index in [0.29, 0.717) is 21.4 Å². The number of rotatable bonds is 3. The van der Waals surface area contributed by atoms with Gasteiger partial charge in [0.15, 0.2) is 0 Å². The molecule has 0 aliphatic carbocycles. The van der Waals surface area contributed by atoms with Gasteiger partial charge in [-0.2, -0.15) is 0 Å². The topological polar surface area (TPSA) is 46.6 Å². The standard InChI is InChI=1S/C17H12ClNO3S/c1-22-14-5-3-2-4-11(14)10-15-16(20)19(17(21)23-15)13-8-6-12(18)7-9-13/h2-10H,1H3. The third-order valence-electron chi connectivity index (χ3n) is 3.30. The second-order valence-corrected chi connectivity index (χ2v) is 6.17. The molecular weight excluding hydrogens is 334 g/mol. The van der Waals surface area contributed by atoms with Crippen molar-refractivity contribution in [2.24, 2.45) is 0 Å². The molecule has 0 atom stereocenters. The molecule has 1 aliphatic rings. The number of hydrogen-bond donors (Lipinski definition) is 0. The van der Waals surface area contributed by atoms with Crippen molar-refractivity contribution in [2.75, 3.05) is 12.0 Å². The lowest BCUT2D eigenvalue weighted by Crippen LogP contribution is -2.27. The molecule has 6 heteroatoms. The van der Waals surface area contributed by atoms with E-state index in [0.717, 1.165) is 22.2 Å². The second kappa shape index (κ2) is 6.48. The van der Waals surface area contributed by atoms with E-state index in [1.54, 1.807) is 43.5 Å². The fourth-order valence-electron chi connectivity index (χ4n) is 2.21. The van der Waals surface area contributed by atoms with Crippen LogP contribution in [0.1, 0.15) is 5.56 Å². The number of hydrogen-bond acceptors (Lipinski definition) is 4. The molecule has 4 nitrogen and oxygen atoms in total. The number of nitrogens with zero attached hydrogens (tertiary/aromatic N) is 1. The highest BCUT2D eigenvalue weighted by atomic mass is 35.5. The lowest BCUT2D eigenvalue weighted by Gasteiger charge is -2.12. The molecule has 0 spiro atoms. The predicted molar refractivity (Wildman–Crippen MR) is 92.9 cm³/mol. The first-order valence-electron chi connectivity index (χ1n) is 6.76. The minimum absolute atomic E-state index is 0.335. The molecule has 0 N–H and O–H groups in total. The molecule has 116 valence electrons. The van der Waals surface area contributed by atoms with Crippen molar-refractivity contribution in [3.63, 3.8) is 0 Å². The summed E-state index contributed by atoms with van der Waals surface area (Å²) in [5.41, 5.74) is 1.25. The van der Waals surface area contributed by atoms with Crippen LogP contribution in [-0.4, -0.2) is 18.3 Å². The molecule has 1 aliphatic heterocycles. The molecule has 2 aromatic carbocycles. The number of amides is 2. The van der Waals surface area contributed by atoms with Gasteiger partial charge in [0.2, 0.25) is 0 Å². The number of carbonyl (C=O) groups excluding carboxylic acids is 2. The molecule has 1 heterocycles.